The fourth-order valence-electron chi connectivity index (χ4n) is 1.12. The predicted molar refractivity (Wildman–Crippen MR) is 54.3 cm³/mol. The molecule has 1 rings (SSSR count). The minimum absolute atomic E-state index is 0.000602. The Kier molecular flexibility index (Phi) is 3.10. The van der Waals surface area contributed by atoms with Crippen LogP contribution in [0.3, 0.4) is 0 Å². The van der Waals surface area contributed by atoms with Gasteiger partial charge in [0.2, 0.25) is 0 Å². The Morgan fingerprint density at radius 2 is 2.21 bits per heavy atom. The molecule has 0 fully saturated rings. The number of nitriles is 1. The van der Waals surface area contributed by atoms with E-state index in [-0.39, 0.29) is 5.69 Å². The summed E-state index contributed by atoms with van der Waals surface area (Å²) in [4.78, 5) is 10.9. The second kappa shape index (κ2) is 4.11. The van der Waals surface area contributed by atoms with E-state index >= 15 is 0 Å². The highest BCUT2D eigenvalue weighted by molar-refractivity contribution is 7.98. The molecule has 1 aromatic rings. The van der Waals surface area contributed by atoms with Crippen molar-refractivity contribution in [3.8, 4) is 6.07 Å². The van der Waals surface area contributed by atoms with Crippen molar-refractivity contribution < 1.29 is 4.92 Å². The first-order chi connectivity index (χ1) is 6.60. The molecule has 1 aromatic carbocycles. The average Bonchev–Trinajstić information content (AvgIpc) is 2.16. The predicted octanol–water partition coefficient (Wildman–Crippen LogP) is 2.50. The van der Waals surface area contributed by atoms with Crippen LogP contribution in [0.2, 0.25) is 0 Å². The van der Waals surface area contributed by atoms with Gasteiger partial charge in [0.1, 0.15) is 6.07 Å². The van der Waals surface area contributed by atoms with Crippen molar-refractivity contribution in [1.29, 1.82) is 5.26 Å². The van der Waals surface area contributed by atoms with E-state index < -0.39 is 4.92 Å². The number of benzene rings is 1. The summed E-state index contributed by atoms with van der Waals surface area (Å²) in [6.07, 6.45) is 1.83. The van der Waals surface area contributed by atoms with Crippen LogP contribution < -0.4 is 0 Å². The molecule has 0 aliphatic carbocycles. The molecule has 0 bridgehead atoms. The summed E-state index contributed by atoms with van der Waals surface area (Å²) in [5.41, 5.74) is 0.938. The molecule has 14 heavy (non-hydrogen) atoms. The van der Waals surface area contributed by atoms with Crippen LogP contribution in [0.1, 0.15) is 11.1 Å². The molecule has 0 unspecified atom stereocenters. The third-order valence-electron chi connectivity index (χ3n) is 1.84. The molecule has 5 heteroatoms. The van der Waals surface area contributed by atoms with Crippen LogP contribution in [0.25, 0.3) is 0 Å². The third kappa shape index (κ3) is 1.86. The van der Waals surface area contributed by atoms with E-state index in [0.717, 1.165) is 4.90 Å². The van der Waals surface area contributed by atoms with Gasteiger partial charge in [0.05, 0.1) is 10.5 Å². The number of rotatable bonds is 2. The molecular weight excluding hydrogens is 200 g/mol. The maximum atomic E-state index is 10.6. The minimum atomic E-state index is -0.472. The summed E-state index contributed by atoms with van der Waals surface area (Å²) in [6, 6.07) is 4.93. The van der Waals surface area contributed by atoms with Crippen molar-refractivity contribution >= 4 is 17.4 Å². The molecule has 0 saturated carbocycles. The topological polar surface area (TPSA) is 66.9 Å². The van der Waals surface area contributed by atoms with Crippen molar-refractivity contribution in [3.63, 3.8) is 0 Å². The Morgan fingerprint density at radius 3 is 2.64 bits per heavy atom. The van der Waals surface area contributed by atoms with Crippen molar-refractivity contribution in [2.45, 2.75) is 11.8 Å². The Balaban J connectivity index is 3.40. The Morgan fingerprint density at radius 1 is 1.57 bits per heavy atom. The molecule has 0 saturated heterocycles. The highest BCUT2D eigenvalue weighted by atomic mass is 32.2. The molecule has 0 aromatic heterocycles. The molecule has 0 N–H and O–H groups in total. The van der Waals surface area contributed by atoms with Crippen LogP contribution in [0, 0.1) is 28.4 Å². The van der Waals surface area contributed by atoms with Crippen LogP contribution in [0.5, 0.6) is 0 Å². The van der Waals surface area contributed by atoms with Crippen LogP contribution in [-0.4, -0.2) is 11.2 Å². The number of hydrogen-bond acceptors (Lipinski definition) is 4. The van der Waals surface area contributed by atoms with Gasteiger partial charge in [-0.3, -0.25) is 10.1 Å². The minimum Gasteiger partial charge on any atom is -0.258 e. The number of thioether (sulfide) groups is 1. The van der Waals surface area contributed by atoms with Gasteiger partial charge < -0.3 is 0 Å². The van der Waals surface area contributed by atoms with Crippen molar-refractivity contribution in [1.82, 2.24) is 0 Å². The normalized spacial score (nSPS) is 9.50. The van der Waals surface area contributed by atoms with Crippen molar-refractivity contribution in [2.24, 2.45) is 0 Å². The van der Waals surface area contributed by atoms with Crippen LogP contribution in [0.15, 0.2) is 17.0 Å². The van der Waals surface area contributed by atoms with Gasteiger partial charge in [-0.25, -0.2) is 0 Å². The average molecular weight is 208 g/mol. The van der Waals surface area contributed by atoms with Crippen LogP contribution in [-0.2, 0) is 0 Å². The highest BCUT2D eigenvalue weighted by Crippen LogP contribution is 2.27. The van der Waals surface area contributed by atoms with E-state index in [4.69, 9.17) is 5.26 Å². The lowest BCUT2D eigenvalue weighted by atomic mass is 10.1. The third-order valence-corrected chi connectivity index (χ3v) is 2.61. The van der Waals surface area contributed by atoms with E-state index in [2.05, 4.69) is 0 Å². The maximum absolute atomic E-state index is 10.6. The number of nitrogens with zero attached hydrogens (tertiary/aromatic N) is 2. The zero-order chi connectivity index (χ0) is 10.7. The standard InChI is InChI=1S/C9H8N2O2S/c1-6-3-9(14-2)7(5-10)4-8(6)11(12)13/h3-4H,1-2H3. The lowest BCUT2D eigenvalue weighted by Gasteiger charge is -2.02. The summed E-state index contributed by atoms with van der Waals surface area (Å²) in [6.45, 7) is 1.67. The number of nitro groups is 1. The van der Waals surface area contributed by atoms with E-state index in [9.17, 15) is 10.1 Å². The quantitative estimate of drug-likeness (QED) is 0.425. The smallest absolute Gasteiger partial charge is 0.258 e. The van der Waals surface area contributed by atoms with Crippen LogP contribution in [0.4, 0.5) is 5.69 Å². The highest BCUT2D eigenvalue weighted by Gasteiger charge is 2.14. The monoisotopic (exact) mass is 208 g/mol. The van der Waals surface area contributed by atoms with Gasteiger partial charge in [0.25, 0.3) is 5.69 Å². The molecule has 0 heterocycles. The summed E-state index contributed by atoms with van der Waals surface area (Å²) in [5, 5.41) is 19.3. The van der Waals surface area contributed by atoms with Gasteiger partial charge in [-0.1, -0.05) is 0 Å². The fraction of sp³-hybridized carbons (Fsp3) is 0.222. The number of nitro benzene ring substituents is 1. The molecule has 0 radical (unpaired) electrons. The van der Waals surface area contributed by atoms with Crippen molar-refractivity contribution in [3.05, 3.63) is 33.4 Å². The zero-order valence-electron chi connectivity index (χ0n) is 7.77. The number of hydrogen-bond donors (Lipinski definition) is 0. The molecule has 4 nitrogen and oxygen atoms in total. The summed E-state index contributed by atoms with van der Waals surface area (Å²) >= 11 is 1.41. The van der Waals surface area contributed by atoms with Gasteiger partial charge in [-0.2, -0.15) is 5.26 Å². The summed E-state index contributed by atoms with van der Waals surface area (Å²) < 4.78 is 0. The molecule has 72 valence electrons. The van der Waals surface area contributed by atoms with Gasteiger partial charge in [-0.05, 0) is 19.2 Å². The van der Waals surface area contributed by atoms with E-state index in [1.807, 2.05) is 12.3 Å². The summed E-state index contributed by atoms with van der Waals surface area (Å²) in [5.74, 6) is 0. The molecule has 0 atom stereocenters. The van der Waals surface area contributed by atoms with E-state index in [0.29, 0.717) is 11.1 Å². The van der Waals surface area contributed by atoms with E-state index in [1.165, 1.54) is 17.8 Å². The maximum Gasteiger partial charge on any atom is 0.273 e. The summed E-state index contributed by atoms with van der Waals surface area (Å²) in [7, 11) is 0. The van der Waals surface area contributed by atoms with Gasteiger partial charge in [0.15, 0.2) is 0 Å². The Hall–Kier alpha value is -1.54. The van der Waals surface area contributed by atoms with Gasteiger partial charge >= 0.3 is 0 Å². The fourth-order valence-corrected chi connectivity index (χ4v) is 1.74. The van der Waals surface area contributed by atoms with E-state index in [1.54, 1.807) is 13.0 Å². The second-order valence-corrected chi connectivity index (χ2v) is 3.56. The molecule has 0 amide bonds. The van der Waals surface area contributed by atoms with Crippen LogP contribution >= 0.6 is 11.8 Å². The lowest BCUT2D eigenvalue weighted by molar-refractivity contribution is -0.385. The SMILES string of the molecule is CSc1cc(C)c([N+](=O)[O-])cc1C#N. The number of aryl methyl sites for hydroxylation is 1. The Labute approximate surface area is 85.7 Å². The first-order valence-corrected chi connectivity index (χ1v) is 5.05. The lowest BCUT2D eigenvalue weighted by Crippen LogP contribution is -1.94. The largest absolute Gasteiger partial charge is 0.273 e. The van der Waals surface area contributed by atoms with Crippen molar-refractivity contribution in [2.75, 3.05) is 6.26 Å². The Bertz CT molecular complexity index is 424. The zero-order valence-corrected chi connectivity index (χ0v) is 8.59. The first-order valence-electron chi connectivity index (χ1n) is 3.83. The van der Waals surface area contributed by atoms with Gasteiger partial charge in [-0.15, -0.1) is 11.8 Å². The second-order valence-electron chi connectivity index (χ2n) is 2.71. The molecule has 0 spiro atoms. The first kappa shape index (κ1) is 10.5. The molecule has 0 aliphatic rings. The molecule has 0 aliphatic heterocycles. The molecular formula is C9H8N2O2S. The van der Waals surface area contributed by atoms with Gasteiger partial charge in [0, 0.05) is 16.5 Å².